The molecule has 4 heteroatoms. The Balaban J connectivity index is 1.67. The average Bonchev–Trinajstić information content (AvgIpc) is 2.70. The van der Waals surface area contributed by atoms with Gasteiger partial charge in [0.2, 0.25) is 5.43 Å². The van der Waals surface area contributed by atoms with E-state index in [4.69, 9.17) is 0 Å². The molecule has 2 aromatic carbocycles. The number of nitrogens with zero attached hydrogens (tertiary/aromatic N) is 1. The third-order valence-electron chi connectivity index (χ3n) is 4.71. The van der Waals surface area contributed by atoms with Gasteiger partial charge in [-0.05, 0) is 30.5 Å². The fourth-order valence-electron chi connectivity index (χ4n) is 3.21. The topological polar surface area (TPSA) is 57.8 Å². The van der Waals surface area contributed by atoms with Crippen LogP contribution in [0.1, 0.15) is 11.1 Å². The van der Waals surface area contributed by atoms with Gasteiger partial charge >= 0.3 is 0 Å². The number of nitrogens with one attached hydrogen (secondary N) is 2. The second-order valence-electron chi connectivity index (χ2n) is 6.64. The van der Waals surface area contributed by atoms with Gasteiger partial charge in [0.1, 0.15) is 5.82 Å². The SMILES string of the molecule is Cc1ccc(-c2c[nH]c3ccnc(NCCc4ccccc4)c3c2=O)cc1. The summed E-state index contributed by atoms with van der Waals surface area (Å²) in [6.07, 6.45) is 4.37. The van der Waals surface area contributed by atoms with Crippen molar-refractivity contribution in [2.45, 2.75) is 13.3 Å². The molecule has 0 fully saturated rings. The first-order valence-electron chi connectivity index (χ1n) is 9.07. The molecule has 0 aliphatic heterocycles. The van der Waals surface area contributed by atoms with Crippen LogP contribution in [0, 0.1) is 6.92 Å². The maximum atomic E-state index is 13.2. The molecule has 27 heavy (non-hydrogen) atoms. The molecule has 134 valence electrons. The van der Waals surface area contributed by atoms with Crippen molar-refractivity contribution in [1.82, 2.24) is 9.97 Å². The van der Waals surface area contributed by atoms with Crippen LogP contribution in [0.3, 0.4) is 0 Å². The van der Waals surface area contributed by atoms with Gasteiger partial charge in [-0.2, -0.15) is 0 Å². The minimum atomic E-state index is -0.0112. The maximum absolute atomic E-state index is 13.2. The zero-order valence-corrected chi connectivity index (χ0v) is 15.2. The summed E-state index contributed by atoms with van der Waals surface area (Å²) in [7, 11) is 0. The molecule has 0 atom stereocenters. The van der Waals surface area contributed by atoms with Crippen LogP contribution in [0.25, 0.3) is 22.0 Å². The fraction of sp³-hybridized carbons (Fsp3) is 0.130. The second kappa shape index (κ2) is 7.46. The van der Waals surface area contributed by atoms with E-state index in [9.17, 15) is 4.79 Å². The van der Waals surface area contributed by atoms with Gasteiger partial charge in [-0.1, -0.05) is 60.2 Å². The Bertz CT molecular complexity index is 1120. The molecule has 0 aliphatic rings. The highest BCUT2D eigenvalue weighted by atomic mass is 16.1. The predicted molar refractivity (Wildman–Crippen MR) is 111 cm³/mol. The van der Waals surface area contributed by atoms with Crippen molar-refractivity contribution in [2.75, 3.05) is 11.9 Å². The first-order valence-corrected chi connectivity index (χ1v) is 9.07. The fourth-order valence-corrected chi connectivity index (χ4v) is 3.21. The van der Waals surface area contributed by atoms with E-state index in [-0.39, 0.29) is 5.43 Å². The van der Waals surface area contributed by atoms with Crippen LogP contribution in [0.15, 0.2) is 77.9 Å². The molecular weight excluding hydrogens is 334 g/mol. The summed E-state index contributed by atoms with van der Waals surface area (Å²) in [5.41, 5.74) is 4.75. The van der Waals surface area contributed by atoms with Gasteiger partial charge in [0.25, 0.3) is 0 Å². The highest BCUT2D eigenvalue weighted by Crippen LogP contribution is 2.21. The van der Waals surface area contributed by atoms with Crippen molar-refractivity contribution in [2.24, 2.45) is 0 Å². The first kappa shape index (κ1) is 17.0. The molecule has 0 unspecified atom stereocenters. The number of hydrogen-bond donors (Lipinski definition) is 2. The van der Waals surface area contributed by atoms with Crippen LogP contribution >= 0.6 is 0 Å². The number of benzene rings is 2. The van der Waals surface area contributed by atoms with E-state index < -0.39 is 0 Å². The number of aromatic nitrogens is 2. The Morgan fingerprint density at radius 1 is 1.00 bits per heavy atom. The van der Waals surface area contributed by atoms with Crippen molar-refractivity contribution in [3.05, 3.63) is 94.4 Å². The van der Waals surface area contributed by atoms with Gasteiger partial charge in [0.05, 0.1) is 10.9 Å². The molecule has 4 aromatic rings. The summed E-state index contributed by atoms with van der Waals surface area (Å²) in [5, 5.41) is 3.93. The van der Waals surface area contributed by atoms with Crippen LogP contribution in [-0.4, -0.2) is 16.5 Å². The highest BCUT2D eigenvalue weighted by molar-refractivity contribution is 5.91. The number of pyridine rings is 2. The van der Waals surface area contributed by atoms with Crippen LogP contribution in [0.4, 0.5) is 5.82 Å². The number of aryl methyl sites for hydroxylation is 1. The molecule has 0 aliphatic carbocycles. The van der Waals surface area contributed by atoms with Crippen LogP contribution in [-0.2, 0) is 6.42 Å². The normalized spacial score (nSPS) is 10.9. The van der Waals surface area contributed by atoms with Gasteiger partial charge in [0.15, 0.2) is 0 Å². The van der Waals surface area contributed by atoms with Gasteiger partial charge in [0, 0.05) is 24.5 Å². The van der Waals surface area contributed by atoms with Gasteiger partial charge in [-0.25, -0.2) is 4.98 Å². The lowest BCUT2D eigenvalue weighted by molar-refractivity contribution is 1.01. The Hall–Kier alpha value is -3.40. The summed E-state index contributed by atoms with van der Waals surface area (Å²) >= 11 is 0. The molecule has 2 aromatic heterocycles. The number of rotatable bonds is 5. The van der Waals surface area contributed by atoms with Gasteiger partial charge in [-0.3, -0.25) is 4.79 Å². The quantitative estimate of drug-likeness (QED) is 0.552. The monoisotopic (exact) mass is 355 g/mol. The number of anilines is 1. The Labute approximate surface area is 157 Å². The molecule has 0 amide bonds. The lowest BCUT2D eigenvalue weighted by atomic mass is 10.0. The number of hydrogen-bond acceptors (Lipinski definition) is 3. The Morgan fingerprint density at radius 2 is 1.78 bits per heavy atom. The number of H-pyrrole nitrogens is 1. The number of fused-ring (bicyclic) bond motifs is 1. The van der Waals surface area contributed by atoms with Gasteiger partial charge in [-0.15, -0.1) is 0 Å². The molecule has 4 nitrogen and oxygen atoms in total. The van der Waals surface area contributed by atoms with E-state index in [0.29, 0.717) is 23.3 Å². The van der Waals surface area contributed by atoms with E-state index in [1.165, 1.54) is 11.1 Å². The minimum Gasteiger partial charge on any atom is -0.369 e. The summed E-state index contributed by atoms with van der Waals surface area (Å²) in [6, 6.07) is 20.1. The van der Waals surface area contributed by atoms with E-state index in [2.05, 4.69) is 27.4 Å². The molecule has 0 radical (unpaired) electrons. The van der Waals surface area contributed by atoms with Crippen molar-refractivity contribution < 1.29 is 0 Å². The Kier molecular flexibility index (Phi) is 4.71. The van der Waals surface area contributed by atoms with E-state index in [0.717, 1.165) is 17.5 Å². The first-order chi connectivity index (χ1) is 13.2. The molecule has 4 rings (SSSR count). The molecule has 0 saturated carbocycles. The van der Waals surface area contributed by atoms with E-state index in [1.54, 1.807) is 12.4 Å². The summed E-state index contributed by atoms with van der Waals surface area (Å²) in [5.74, 6) is 0.624. The standard InChI is InChI=1S/C23H21N3O/c1-16-7-9-18(10-8-16)19-15-26-20-12-14-25-23(21(20)22(19)27)24-13-11-17-5-3-2-4-6-17/h2-10,12,14-15H,11,13H2,1H3,(H,24,25)(H,26,27). The molecule has 2 heterocycles. The second-order valence-corrected chi connectivity index (χ2v) is 6.64. The zero-order chi connectivity index (χ0) is 18.6. The lowest BCUT2D eigenvalue weighted by Crippen LogP contribution is -2.13. The third kappa shape index (κ3) is 3.60. The maximum Gasteiger partial charge on any atom is 0.200 e. The molecule has 0 spiro atoms. The van der Waals surface area contributed by atoms with Crippen molar-refractivity contribution in [1.29, 1.82) is 0 Å². The largest absolute Gasteiger partial charge is 0.369 e. The zero-order valence-electron chi connectivity index (χ0n) is 15.2. The lowest BCUT2D eigenvalue weighted by Gasteiger charge is -2.10. The highest BCUT2D eigenvalue weighted by Gasteiger charge is 2.12. The average molecular weight is 355 g/mol. The van der Waals surface area contributed by atoms with Crippen molar-refractivity contribution >= 4 is 16.7 Å². The molecule has 0 bridgehead atoms. The van der Waals surface area contributed by atoms with Crippen LogP contribution < -0.4 is 10.7 Å². The summed E-state index contributed by atoms with van der Waals surface area (Å²) in [4.78, 5) is 20.8. The van der Waals surface area contributed by atoms with E-state index >= 15 is 0 Å². The molecule has 2 N–H and O–H groups in total. The summed E-state index contributed by atoms with van der Waals surface area (Å²) < 4.78 is 0. The van der Waals surface area contributed by atoms with Crippen LogP contribution in [0.5, 0.6) is 0 Å². The molecular formula is C23H21N3O. The van der Waals surface area contributed by atoms with Gasteiger partial charge < -0.3 is 10.3 Å². The predicted octanol–water partition coefficient (Wildman–Crippen LogP) is 4.55. The Morgan fingerprint density at radius 3 is 2.56 bits per heavy atom. The van der Waals surface area contributed by atoms with Crippen molar-refractivity contribution in [3.63, 3.8) is 0 Å². The smallest absolute Gasteiger partial charge is 0.200 e. The van der Waals surface area contributed by atoms with E-state index in [1.807, 2.05) is 55.5 Å². The van der Waals surface area contributed by atoms with Crippen molar-refractivity contribution in [3.8, 4) is 11.1 Å². The van der Waals surface area contributed by atoms with Crippen LogP contribution in [0.2, 0.25) is 0 Å². The minimum absolute atomic E-state index is 0.0112. The third-order valence-corrected chi connectivity index (χ3v) is 4.71. The number of aromatic amines is 1. The molecule has 0 saturated heterocycles. The summed E-state index contributed by atoms with van der Waals surface area (Å²) in [6.45, 7) is 2.75.